The molecule has 1 aliphatic heterocycles. The minimum Gasteiger partial charge on any atom is -0.378 e. The zero-order chi connectivity index (χ0) is 18.9. The Bertz CT molecular complexity index is 783. The Labute approximate surface area is 154 Å². The average molecular weight is 382 g/mol. The van der Waals surface area contributed by atoms with Crippen molar-refractivity contribution in [3.05, 3.63) is 24.3 Å². The molecule has 0 amide bonds. The lowest BCUT2D eigenvalue weighted by atomic mass is 9.92. The summed E-state index contributed by atoms with van der Waals surface area (Å²) in [6.07, 6.45) is 2.75. The Morgan fingerprint density at radius 3 is 2.56 bits per heavy atom. The van der Waals surface area contributed by atoms with Crippen LogP contribution in [0.5, 0.6) is 0 Å². The number of halogens is 3. The van der Waals surface area contributed by atoms with E-state index in [1.807, 2.05) is 0 Å². The summed E-state index contributed by atoms with van der Waals surface area (Å²) in [7, 11) is 0. The molecule has 1 N–H and O–H groups in total. The Balaban J connectivity index is 1.59. The van der Waals surface area contributed by atoms with Gasteiger partial charge in [-0.15, -0.1) is 0 Å². The Morgan fingerprint density at radius 1 is 1.15 bits per heavy atom. The lowest BCUT2D eigenvalue weighted by Crippen LogP contribution is -2.37. The predicted octanol–water partition coefficient (Wildman–Crippen LogP) is 2.63. The molecular formula is C17H21F3N6O. The van der Waals surface area contributed by atoms with Crippen LogP contribution in [0.25, 0.3) is 5.95 Å². The van der Waals surface area contributed by atoms with Gasteiger partial charge >= 0.3 is 0 Å². The maximum absolute atomic E-state index is 13.4. The van der Waals surface area contributed by atoms with E-state index in [1.165, 1.54) is 10.9 Å². The molecule has 2 aromatic rings. The van der Waals surface area contributed by atoms with Crippen molar-refractivity contribution in [1.29, 1.82) is 0 Å². The summed E-state index contributed by atoms with van der Waals surface area (Å²) in [5, 5.41) is 7.16. The number of nitrogens with zero attached hydrogens (tertiary/aromatic N) is 5. The van der Waals surface area contributed by atoms with Crippen LogP contribution in [0.15, 0.2) is 18.5 Å². The van der Waals surface area contributed by atoms with Crippen molar-refractivity contribution in [2.24, 2.45) is 0 Å². The van der Waals surface area contributed by atoms with Gasteiger partial charge in [-0.05, 0) is 12.8 Å². The van der Waals surface area contributed by atoms with E-state index in [2.05, 4.69) is 25.3 Å². The summed E-state index contributed by atoms with van der Waals surface area (Å²) in [5.41, 5.74) is 0. The molecule has 1 saturated carbocycles. The fraction of sp³-hybridized carbons (Fsp3) is 0.588. The molecule has 0 bridgehead atoms. The molecule has 0 aromatic carbocycles. The van der Waals surface area contributed by atoms with Crippen LogP contribution in [0.2, 0.25) is 0 Å². The van der Waals surface area contributed by atoms with Crippen molar-refractivity contribution in [3.8, 4) is 5.95 Å². The number of hydrogen-bond acceptors (Lipinski definition) is 6. The fourth-order valence-electron chi connectivity index (χ4n) is 3.36. The molecule has 10 heteroatoms. The van der Waals surface area contributed by atoms with Crippen LogP contribution in [0.3, 0.4) is 0 Å². The molecular weight excluding hydrogens is 361 g/mol. The molecule has 27 heavy (non-hydrogen) atoms. The molecule has 146 valence electrons. The highest BCUT2D eigenvalue weighted by Crippen LogP contribution is 2.34. The van der Waals surface area contributed by atoms with Gasteiger partial charge < -0.3 is 15.0 Å². The average Bonchev–Trinajstić information content (AvgIpc) is 3.10. The quantitative estimate of drug-likeness (QED) is 0.877. The van der Waals surface area contributed by atoms with Gasteiger partial charge in [0.1, 0.15) is 11.6 Å². The van der Waals surface area contributed by atoms with Gasteiger partial charge in [0.05, 0.1) is 25.6 Å². The summed E-state index contributed by atoms with van der Waals surface area (Å²) in [6, 6.07) is 1.71. The van der Waals surface area contributed by atoms with E-state index in [4.69, 9.17) is 4.74 Å². The van der Waals surface area contributed by atoms with Gasteiger partial charge in [0.25, 0.3) is 5.95 Å². The number of nitrogens with one attached hydrogen (secondary N) is 1. The van der Waals surface area contributed by atoms with Crippen molar-refractivity contribution in [3.63, 3.8) is 0 Å². The summed E-state index contributed by atoms with van der Waals surface area (Å²) < 4.78 is 46.8. The molecule has 1 saturated heterocycles. The molecule has 3 heterocycles. The maximum atomic E-state index is 13.4. The molecule has 4 rings (SSSR count). The summed E-state index contributed by atoms with van der Waals surface area (Å²) in [4.78, 5) is 10.9. The Kier molecular flexibility index (Phi) is 4.90. The predicted molar refractivity (Wildman–Crippen MR) is 93.0 cm³/mol. The molecule has 2 aliphatic rings. The van der Waals surface area contributed by atoms with E-state index < -0.39 is 11.7 Å². The van der Waals surface area contributed by atoms with Gasteiger partial charge in [-0.1, -0.05) is 0 Å². The molecule has 0 radical (unpaired) electrons. The van der Waals surface area contributed by atoms with Crippen molar-refractivity contribution in [2.45, 2.75) is 37.6 Å². The largest absolute Gasteiger partial charge is 0.378 e. The SMILES string of the molecule is Fc1cnn(-c2nc(NC3CCC(F)(F)CC3)cc(N3CCOCC3)n2)c1. The van der Waals surface area contributed by atoms with Gasteiger partial charge in [0.2, 0.25) is 5.92 Å². The van der Waals surface area contributed by atoms with E-state index in [1.54, 1.807) is 6.07 Å². The third kappa shape index (κ3) is 4.32. The van der Waals surface area contributed by atoms with Crippen LogP contribution in [0.1, 0.15) is 25.7 Å². The second-order valence-corrected chi connectivity index (χ2v) is 6.89. The first-order valence-corrected chi connectivity index (χ1v) is 9.05. The highest BCUT2D eigenvalue weighted by atomic mass is 19.3. The van der Waals surface area contributed by atoms with E-state index in [0.717, 1.165) is 6.20 Å². The van der Waals surface area contributed by atoms with E-state index in [0.29, 0.717) is 50.8 Å². The normalized spacial score (nSPS) is 20.6. The van der Waals surface area contributed by atoms with Crippen LogP contribution in [0.4, 0.5) is 24.8 Å². The molecule has 0 unspecified atom stereocenters. The standard InChI is InChI=1S/C17H21F3N6O/c18-12-10-21-26(11-12)16-23-14(22-13-1-3-17(19,20)4-2-13)9-15(24-16)25-5-7-27-8-6-25/h9-11,13H,1-8H2,(H,22,23,24). The van der Waals surface area contributed by atoms with Crippen LogP contribution < -0.4 is 10.2 Å². The Morgan fingerprint density at radius 2 is 1.89 bits per heavy atom. The third-order valence-electron chi connectivity index (χ3n) is 4.86. The molecule has 2 aromatic heterocycles. The summed E-state index contributed by atoms with van der Waals surface area (Å²) in [6.45, 7) is 2.55. The topological polar surface area (TPSA) is 68.1 Å². The number of rotatable bonds is 4. The molecule has 7 nitrogen and oxygen atoms in total. The van der Waals surface area contributed by atoms with Crippen LogP contribution in [-0.2, 0) is 4.74 Å². The lowest BCUT2D eigenvalue weighted by molar-refractivity contribution is -0.0361. The van der Waals surface area contributed by atoms with Crippen molar-refractivity contribution in [1.82, 2.24) is 19.7 Å². The monoisotopic (exact) mass is 382 g/mol. The van der Waals surface area contributed by atoms with E-state index in [-0.39, 0.29) is 24.8 Å². The zero-order valence-corrected chi connectivity index (χ0v) is 14.7. The number of aromatic nitrogens is 4. The second-order valence-electron chi connectivity index (χ2n) is 6.89. The first-order valence-electron chi connectivity index (χ1n) is 9.05. The highest BCUT2D eigenvalue weighted by molar-refractivity contribution is 5.52. The lowest BCUT2D eigenvalue weighted by Gasteiger charge is -2.30. The minimum absolute atomic E-state index is 0.0840. The van der Waals surface area contributed by atoms with Crippen molar-refractivity contribution in [2.75, 3.05) is 36.5 Å². The smallest absolute Gasteiger partial charge is 0.254 e. The third-order valence-corrected chi connectivity index (χ3v) is 4.86. The van der Waals surface area contributed by atoms with Gasteiger partial charge in [-0.3, -0.25) is 0 Å². The van der Waals surface area contributed by atoms with Crippen LogP contribution >= 0.6 is 0 Å². The molecule has 0 atom stereocenters. The summed E-state index contributed by atoms with van der Waals surface area (Å²) >= 11 is 0. The first kappa shape index (κ1) is 18.0. The van der Waals surface area contributed by atoms with Crippen LogP contribution in [0, 0.1) is 5.82 Å². The molecule has 1 aliphatic carbocycles. The Hall–Kier alpha value is -2.36. The second kappa shape index (κ2) is 7.34. The first-order chi connectivity index (χ1) is 13.0. The summed E-state index contributed by atoms with van der Waals surface area (Å²) in [5.74, 6) is -1.65. The van der Waals surface area contributed by atoms with Gasteiger partial charge in [-0.2, -0.15) is 15.1 Å². The maximum Gasteiger partial charge on any atom is 0.254 e. The molecule has 0 spiro atoms. The van der Waals surface area contributed by atoms with Gasteiger partial charge in [0.15, 0.2) is 5.82 Å². The highest BCUT2D eigenvalue weighted by Gasteiger charge is 2.35. The number of ether oxygens (including phenoxy) is 1. The van der Waals surface area contributed by atoms with E-state index >= 15 is 0 Å². The van der Waals surface area contributed by atoms with Crippen molar-refractivity contribution < 1.29 is 17.9 Å². The van der Waals surface area contributed by atoms with E-state index in [9.17, 15) is 13.2 Å². The fourth-order valence-corrected chi connectivity index (χ4v) is 3.36. The van der Waals surface area contributed by atoms with Crippen molar-refractivity contribution >= 4 is 11.6 Å². The minimum atomic E-state index is -2.58. The van der Waals surface area contributed by atoms with Gasteiger partial charge in [0, 0.05) is 38.0 Å². The number of hydrogen-bond donors (Lipinski definition) is 1. The van der Waals surface area contributed by atoms with Gasteiger partial charge in [-0.25, -0.2) is 17.9 Å². The van der Waals surface area contributed by atoms with Crippen LogP contribution in [-0.4, -0.2) is 58.0 Å². The number of alkyl halides is 2. The molecule has 2 fully saturated rings. The number of morpholine rings is 1. The zero-order valence-electron chi connectivity index (χ0n) is 14.7. The number of anilines is 2.